The molecule has 1 N–H and O–H groups in total. The van der Waals surface area contributed by atoms with Gasteiger partial charge in [-0.2, -0.15) is 5.10 Å². The van der Waals surface area contributed by atoms with Crippen LogP contribution in [0.15, 0.2) is 60.7 Å². The Hall–Kier alpha value is -3.06. The van der Waals surface area contributed by atoms with Crippen LogP contribution in [-0.2, 0) is 27.1 Å². The number of rotatable bonds is 4. The molecule has 3 aromatic rings. The van der Waals surface area contributed by atoms with E-state index in [0.29, 0.717) is 28.7 Å². The first-order valence-corrected chi connectivity index (χ1v) is 9.85. The standard InChI is InChI=1S/C20H16FN3O2S/c21-15-7-9-16(10-8-15)24-20(17-12-27(26)13-18(17)23-24)22-19(25)11-6-14-4-2-1-3-5-14/h1-11H,12-13H2,(H,22,25)/t27-/m1/s1. The van der Waals surface area contributed by atoms with E-state index in [1.165, 1.54) is 18.2 Å². The van der Waals surface area contributed by atoms with Gasteiger partial charge in [-0.15, -0.1) is 0 Å². The third-order valence-corrected chi connectivity index (χ3v) is 5.42. The summed E-state index contributed by atoms with van der Waals surface area (Å²) in [6, 6.07) is 15.3. The highest BCUT2D eigenvalue weighted by Crippen LogP contribution is 2.31. The molecule has 2 aromatic carbocycles. The van der Waals surface area contributed by atoms with Crippen molar-refractivity contribution in [1.82, 2.24) is 9.78 Å². The molecule has 27 heavy (non-hydrogen) atoms. The molecule has 0 aliphatic carbocycles. The highest BCUT2D eigenvalue weighted by molar-refractivity contribution is 7.83. The van der Waals surface area contributed by atoms with Crippen molar-refractivity contribution in [1.29, 1.82) is 0 Å². The minimum atomic E-state index is -1.02. The molecule has 1 aliphatic heterocycles. The molecule has 1 aliphatic rings. The summed E-state index contributed by atoms with van der Waals surface area (Å²) >= 11 is 0. The molecule has 136 valence electrons. The van der Waals surface area contributed by atoms with Crippen LogP contribution >= 0.6 is 0 Å². The normalized spacial score (nSPS) is 15.8. The molecule has 1 aromatic heterocycles. The van der Waals surface area contributed by atoms with Crippen LogP contribution in [0.4, 0.5) is 10.2 Å². The number of aromatic nitrogens is 2. The quantitative estimate of drug-likeness (QED) is 0.705. The maximum atomic E-state index is 13.2. The molecule has 1 amide bonds. The Morgan fingerprint density at radius 1 is 1.11 bits per heavy atom. The zero-order chi connectivity index (χ0) is 18.8. The van der Waals surface area contributed by atoms with Crippen LogP contribution in [0.2, 0.25) is 0 Å². The first-order valence-electron chi connectivity index (χ1n) is 8.36. The number of nitrogens with one attached hydrogen (secondary N) is 1. The lowest BCUT2D eigenvalue weighted by molar-refractivity contribution is -0.111. The van der Waals surface area contributed by atoms with E-state index in [1.54, 1.807) is 22.9 Å². The number of carbonyl (C=O) groups is 1. The second-order valence-electron chi connectivity index (χ2n) is 6.12. The van der Waals surface area contributed by atoms with Gasteiger partial charge in [0.2, 0.25) is 5.91 Å². The van der Waals surface area contributed by atoms with Crippen LogP contribution in [0.3, 0.4) is 0 Å². The van der Waals surface area contributed by atoms with E-state index >= 15 is 0 Å². The van der Waals surface area contributed by atoms with Gasteiger partial charge in [0.15, 0.2) is 0 Å². The average molecular weight is 381 g/mol. The van der Waals surface area contributed by atoms with Crippen LogP contribution < -0.4 is 5.32 Å². The average Bonchev–Trinajstić information content (AvgIpc) is 3.19. The van der Waals surface area contributed by atoms with E-state index in [9.17, 15) is 13.4 Å². The smallest absolute Gasteiger partial charge is 0.249 e. The fourth-order valence-corrected chi connectivity index (χ4v) is 4.18. The first-order chi connectivity index (χ1) is 13.1. The zero-order valence-corrected chi connectivity index (χ0v) is 15.1. The van der Waals surface area contributed by atoms with Crippen molar-refractivity contribution in [2.45, 2.75) is 11.5 Å². The largest absolute Gasteiger partial charge is 0.307 e. The monoisotopic (exact) mass is 381 g/mol. The Morgan fingerprint density at radius 3 is 2.59 bits per heavy atom. The summed E-state index contributed by atoms with van der Waals surface area (Å²) in [5.41, 5.74) is 2.99. The van der Waals surface area contributed by atoms with Crippen LogP contribution in [-0.4, -0.2) is 19.9 Å². The third kappa shape index (κ3) is 3.73. The fraction of sp³-hybridized carbons (Fsp3) is 0.100. The topological polar surface area (TPSA) is 64.0 Å². The molecule has 0 radical (unpaired) electrons. The van der Waals surface area contributed by atoms with Gasteiger partial charge in [0, 0.05) is 22.4 Å². The Morgan fingerprint density at radius 2 is 1.85 bits per heavy atom. The minimum Gasteiger partial charge on any atom is -0.307 e. The van der Waals surface area contributed by atoms with Crippen molar-refractivity contribution in [3.63, 3.8) is 0 Å². The van der Waals surface area contributed by atoms with Gasteiger partial charge in [0.05, 0.1) is 22.9 Å². The van der Waals surface area contributed by atoms with Gasteiger partial charge < -0.3 is 5.32 Å². The summed E-state index contributed by atoms with van der Waals surface area (Å²) < 4.78 is 26.7. The number of carbonyl (C=O) groups excluding carboxylic acids is 1. The molecule has 0 spiro atoms. The number of benzene rings is 2. The van der Waals surface area contributed by atoms with Gasteiger partial charge in [0.1, 0.15) is 11.6 Å². The van der Waals surface area contributed by atoms with Crippen LogP contribution in [0.1, 0.15) is 16.8 Å². The van der Waals surface area contributed by atoms with Crippen LogP contribution in [0.5, 0.6) is 0 Å². The predicted molar refractivity (Wildman–Crippen MR) is 103 cm³/mol. The van der Waals surface area contributed by atoms with Gasteiger partial charge in [-0.05, 0) is 35.9 Å². The highest BCUT2D eigenvalue weighted by Gasteiger charge is 2.28. The number of amides is 1. The minimum absolute atomic E-state index is 0.317. The third-order valence-electron chi connectivity index (χ3n) is 4.21. The van der Waals surface area contributed by atoms with Gasteiger partial charge in [-0.25, -0.2) is 9.07 Å². The van der Waals surface area contributed by atoms with Crippen LogP contribution in [0.25, 0.3) is 11.8 Å². The van der Waals surface area contributed by atoms with E-state index in [2.05, 4.69) is 10.4 Å². The van der Waals surface area contributed by atoms with Gasteiger partial charge >= 0.3 is 0 Å². The Balaban J connectivity index is 1.65. The molecule has 1 atom stereocenters. The first kappa shape index (κ1) is 17.4. The zero-order valence-electron chi connectivity index (χ0n) is 14.3. The van der Waals surface area contributed by atoms with Gasteiger partial charge in [-0.1, -0.05) is 30.3 Å². The number of fused-ring (bicyclic) bond motifs is 1. The molecule has 0 saturated carbocycles. The van der Waals surface area contributed by atoms with E-state index in [4.69, 9.17) is 0 Å². The summed E-state index contributed by atoms with van der Waals surface area (Å²) in [4.78, 5) is 12.4. The highest BCUT2D eigenvalue weighted by atomic mass is 32.2. The fourth-order valence-electron chi connectivity index (χ4n) is 2.92. The van der Waals surface area contributed by atoms with E-state index in [1.807, 2.05) is 30.3 Å². The molecular weight excluding hydrogens is 365 g/mol. The second-order valence-corrected chi connectivity index (χ2v) is 7.58. The van der Waals surface area contributed by atoms with Crippen molar-refractivity contribution < 1.29 is 13.4 Å². The van der Waals surface area contributed by atoms with E-state index < -0.39 is 10.8 Å². The summed E-state index contributed by atoms with van der Waals surface area (Å²) in [6.07, 6.45) is 3.15. The maximum absolute atomic E-state index is 13.2. The lowest BCUT2D eigenvalue weighted by atomic mass is 10.2. The van der Waals surface area contributed by atoms with E-state index in [-0.39, 0.29) is 11.7 Å². The SMILES string of the molecule is O=C(C=Cc1ccccc1)Nc1c2c(nn1-c1ccc(F)cc1)C[S@](=O)C2. The number of anilines is 1. The van der Waals surface area contributed by atoms with Crippen molar-refractivity contribution in [3.05, 3.63) is 83.3 Å². The maximum Gasteiger partial charge on any atom is 0.249 e. The summed E-state index contributed by atoms with van der Waals surface area (Å²) in [5, 5.41) is 7.32. The number of hydrogen-bond donors (Lipinski definition) is 1. The summed E-state index contributed by atoms with van der Waals surface area (Å²) in [5.74, 6) is 0.504. The number of hydrogen-bond acceptors (Lipinski definition) is 3. The van der Waals surface area contributed by atoms with Crippen molar-refractivity contribution in [3.8, 4) is 5.69 Å². The summed E-state index contributed by atoms with van der Waals surface area (Å²) in [7, 11) is -1.02. The summed E-state index contributed by atoms with van der Waals surface area (Å²) in [6.45, 7) is 0. The van der Waals surface area contributed by atoms with Crippen molar-refractivity contribution in [2.75, 3.05) is 5.32 Å². The Bertz CT molecular complexity index is 1040. The number of nitrogens with zero attached hydrogens (tertiary/aromatic N) is 2. The molecule has 0 fully saturated rings. The Labute approximate surface area is 158 Å². The molecule has 4 rings (SSSR count). The van der Waals surface area contributed by atoms with Crippen molar-refractivity contribution in [2.24, 2.45) is 0 Å². The number of halogens is 1. The van der Waals surface area contributed by atoms with Gasteiger partial charge in [0.25, 0.3) is 0 Å². The molecule has 7 heteroatoms. The molecule has 0 saturated heterocycles. The molecule has 5 nitrogen and oxygen atoms in total. The lowest BCUT2D eigenvalue weighted by Gasteiger charge is -2.10. The van der Waals surface area contributed by atoms with Crippen LogP contribution in [0, 0.1) is 5.82 Å². The second kappa shape index (κ2) is 7.28. The van der Waals surface area contributed by atoms with Crippen molar-refractivity contribution >= 4 is 28.6 Å². The lowest BCUT2D eigenvalue weighted by Crippen LogP contribution is -2.14. The van der Waals surface area contributed by atoms with Gasteiger partial charge in [-0.3, -0.25) is 9.00 Å². The van der Waals surface area contributed by atoms with E-state index in [0.717, 1.165) is 11.1 Å². The molecule has 2 heterocycles. The molecular formula is C20H16FN3O2S. The predicted octanol–water partition coefficient (Wildman–Crippen LogP) is 3.43. The molecule has 0 unspecified atom stereocenters. The Kier molecular flexibility index (Phi) is 4.68. The molecule has 0 bridgehead atoms.